The summed E-state index contributed by atoms with van der Waals surface area (Å²) in [6.07, 6.45) is -5.99. The molecule has 1 aromatic heterocycles. The normalized spacial score (nSPS) is 18.5. The summed E-state index contributed by atoms with van der Waals surface area (Å²) >= 11 is 0. The number of piperidine rings is 1. The van der Waals surface area contributed by atoms with E-state index in [2.05, 4.69) is 11.7 Å². The number of hydrogen-bond acceptors (Lipinski definition) is 8. The molecule has 0 unspecified atom stereocenters. The van der Waals surface area contributed by atoms with Gasteiger partial charge in [-0.15, -0.1) is 0 Å². The van der Waals surface area contributed by atoms with E-state index < -0.39 is 66.8 Å². The molecule has 51 heavy (non-hydrogen) atoms. The number of hydrogen-bond donors (Lipinski definition) is 0. The predicted molar refractivity (Wildman–Crippen MR) is 164 cm³/mol. The van der Waals surface area contributed by atoms with Crippen molar-refractivity contribution in [1.82, 2.24) is 33.9 Å². The summed E-state index contributed by atoms with van der Waals surface area (Å²) in [5.41, 5.74) is -0.245. The van der Waals surface area contributed by atoms with Gasteiger partial charge in [-0.2, -0.15) is 40.2 Å². The third kappa shape index (κ3) is 10.3. The molecule has 286 valence electrons. The second-order valence-corrected chi connectivity index (χ2v) is 11.3. The molecule has 0 saturated carbocycles. The highest BCUT2D eigenvalue weighted by Gasteiger charge is 2.46. The summed E-state index contributed by atoms with van der Waals surface area (Å²) < 4.78 is 98.5. The van der Waals surface area contributed by atoms with Crippen LogP contribution < -0.4 is 5.69 Å². The molecule has 1 fully saturated rings. The molecule has 3 aliphatic heterocycles. The molecule has 0 bridgehead atoms. The first kappa shape index (κ1) is 44.2. The van der Waals surface area contributed by atoms with Gasteiger partial charge in [-0.3, -0.25) is 38.7 Å². The van der Waals surface area contributed by atoms with Crippen LogP contribution >= 0.6 is 0 Å². The van der Waals surface area contributed by atoms with E-state index in [1.54, 1.807) is 7.05 Å². The fraction of sp³-hybridized carbons (Fsp3) is 0.567. The van der Waals surface area contributed by atoms with Gasteiger partial charge in [0.2, 0.25) is 11.8 Å². The van der Waals surface area contributed by atoms with E-state index in [1.807, 2.05) is 0 Å². The molecular formula is C30H39F8N7O6. The van der Waals surface area contributed by atoms with E-state index >= 15 is 0 Å². The number of likely N-dealkylation sites (tertiary alicyclic amines) is 1. The fourth-order valence-corrected chi connectivity index (χ4v) is 4.91. The predicted octanol–water partition coefficient (Wildman–Crippen LogP) is 4.03. The Morgan fingerprint density at radius 1 is 0.765 bits per heavy atom. The van der Waals surface area contributed by atoms with E-state index in [4.69, 9.17) is 0 Å². The lowest BCUT2D eigenvalue weighted by atomic mass is 9.93. The van der Waals surface area contributed by atoms with Gasteiger partial charge in [0, 0.05) is 65.3 Å². The summed E-state index contributed by atoms with van der Waals surface area (Å²) in [5, 5.41) is 3.52. The zero-order valence-electron chi connectivity index (χ0n) is 27.8. The number of nitrogens with zero attached hydrogens (tertiary/aromatic N) is 7. The smallest absolute Gasteiger partial charge is 0.327 e. The number of carbonyl (C=O) groups excluding carboxylic acids is 5. The number of halogens is 8. The summed E-state index contributed by atoms with van der Waals surface area (Å²) in [4.78, 5) is 70.3. The van der Waals surface area contributed by atoms with Crippen molar-refractivity contribution in [3.63, 3.8) is 0 Å². The second-order valence-electron chi connectivity index (χ2n) is 11.3. The lowest BCUT2D eigenvalue weighted by Gasteiger charge is -2.34. The van der Waals surface area contributed by atoms with Gasteiger partial charge in [-0.25, -0.2) is 14.0 Å². The number of alkyl halides is 8. The third-order valence-electron chi connectivity index (χ3n) is 7.98. The minimum absolute atomic E-state index is 0. The van der Waals surface area contributed by atoms with E-state index in [0.29, 0.717) is 10.6 Å². The lowest BCUT2D eigenvalue weighted by molar-refractivity contribution is -0.192. The van der Waals surface area contributed by atoms with Crippen LogP contribution in [-0.4, -0.2) is 104 Å². The first-order valence-corrected chi connectivity index (χ1v) is 14.6. The van der Waals surface area contributed by atoms with Crippen LogP contribution in [0.15, 0.2) is 40.1 Å². The van der Waals surface area contributed by atoms with Crippen molar-refractivity contribution in [2.45, 2.75) is 71.8 Å². The van der Waals surface area contributed by atoms with Gasteiger partial charge < -0.3 is 4.90 Å². The SMILES string of the molecule is C.C=C1N(C)C(=O)C=C(C(F)(F)F)N1C.CN1C(=O)C2=C(CCCC2)C1=O.CN1C(=O)CC(C(F)(F)F)CC1=O.Cc1nn(C)c(=O)n1C(F)F. The Hall–Kier alpha value is -4.85. The number of amides is 5. The van der Waals surface area contributed by atoms with Gasteiger partial charge in [0.05, 0.1) is 5.92 Å². The molecule has 5 amide bonds. The highest BCUT2D eigenvalue weighted by Crippen LogP contribution is 2.35. The maximum atomic E-state index is 12.3. The van der Waals surface area contributed by atoms with Gasteiger partial charge in [0.25, 0.3) is 17.7 Å². The average molecular weight is 746 g/mol. The van der Waals surface area contributed by atoms with Crippen LogP contribution in [0.25, 0.3) is 0 Å². The Bertz CT molecular complexity index is 1610. The number of imide groups is 2. The zero-order valence-corrected chi connectivity index (χ0v) is 27.8. The molecule has 0 aromatic carbocycles. The molecule has 21 heteroatoms. The van der Waals surface area contributed by atoms with E-state index in [9.17, 15) is 63.9 Å². The minimum Gasteiger partial charge on any atom is -0.327 e. The first-order chi connectivity index (χ1) is 22.8. The van der Waals surface area contributed by atoms with Crippen LogP contribution in [0.2, 0.25) is 0 Å². The number of allylic oxidation sites excluding steroid dienone is 1. The Morgan fingerprint density at radius 3 is 1.55 bits per heavy atom. The van der Waals surface area contributed by atoms with Crippen molar-refractivity contribution in [3.8, 4) is 0 Å². The second kappa shape index (κ2) is 16.9. The van der Waals surface area contributed by atoms with Crippen molar-refractivity contribution in [2.24, 2.45) is 13.0 Å². The van der Waals surface area contributed by atoms with Gasteiger partial charge in [0.15, 0.2) is 0 Å². The molecule has 4 aliphatic rings. The molecule has 0 N–H and O–H groups in total. The molecule has 1 aliphatic carbocycles. The Kier molecular flexibility index (Phi) is 14.6. The standard InChI is InChI=1S/C9H11NO2.C8H9F3N2O.C7H8F3NO2.C5H7F2N3O.CH4/c1-10-8(11)6-4-2-3-5-7(6)9(10)12;1-5-12(2)6(8(9,10)11)4-7(14)13(5)3;1-11-5(12)2-4(3-6(11)13)7(8,9)10;1-3-8-9(2)5(11)10(3)4(6)7;/h2-5H2,1H3;4H,1H2,2-3H3;4H,2-3H2,1H3;4H,1-2H3;1H4. The number of aromatic nitrogens is 3. The number of likely N-dealkylation sites (N-methyl/N-ethyl adjacent to an activating group) is 2. The van der Waals surface area contributed by atoms with Gasteiger partial charge >= 0.3 is 24.6 Å². The Morgan fingerprint density at radius 2 is 1.22 bits per heavy atom. The Labute approximate surface area is 287 Å². The average Bonchev–Trinajstić information content (AvgIpc) is 3.41. The topological polar surface area (TPSA) is 138 Å². The van der Waals surface area contributed by atoms with Crippen molar-refractivity contribution in [1.29, 1.82) is 0 Å². The largest absolute Gasteiger partial charge is 0.431 e. The number of aryl methyl sites for hydroxylation is 2. The molecule has 4 heterocycles. The summed E-state index contributed by atoms with van der Waals surface area (Å²) in [7, 11) is 6.66. The van der Waals surface area contributed by atoms with Crippen molar-refractivity contribution in [3.05, 3.63) is 51.6 Å². The minimum atomic E-state index is -4.53. The molecule has 13 nitrogen and oxygen atoms in total. The van der Waals surface area contributed by atoms with Crippen LogP contribution in [-0.2, 0) is 31.0 Å². The van der Waals surface area contributed by atoms with Crippen molar-refractivity contribution < 1.29 is 59.1 Å². The summed E-state index contributed by atoms with van der Waals surface area (Å²) in [6.45, 7) is 1.93. The van der Waals surface area contributed by atoms with Gasteiger partial charge in [0.1, 0.15) is 17.3 Å². The quantitative estimate of drug-likeness (QED) is 0.311. The molecule has 1 aromatic rings. The molecule has 5 rings (SSSR count). The van der Waals surface area contributed by atoms with Crippen LogP contribution in [0.3, 0.4) is 0 Å². The lowest BCUT2D eigenvalue weighted by Crippen LogP contribution is -2.44. The van der Waals surface area contributed by atoms with Crippen molar-refractivity contribution >= 4 is 29.5 Å². The Balaban J connectivity index is 0.000000339. The fourth-order valence-electron chi connectivity index (χ4n) is 4.91. The molecule has 0 spiro atoms. The third-order valence-corrected chi connectivity index (χ3v) is 7.98. The number of rotatable bonds is 1. The van der Waals surface area contributed by atoms with Crippen molar-refractivity contribution in [2.75, 3.05) is 28.2 Å². The highest BCUT2D eigenvalue weighted by atomic mass is 19.4. The zero-order chi connectivity index (χ0) is 38.6. The van der Waals surface area contributed by atoms with Crippen LogP contribution in [0.5, 0.6) is 0 Å². The number of carbonyl (C=O) groups is 5. The van der Waals surface area contributed by atoms with E-state index in [-0.39, 0.29) is 30.9 Å². The molecule has 0 radical (unpaired) electrons. The summed E-state index contributed by atoms with van der Waals surface area (Å²) in [6, 6.07) is 0. The van der Waals surface area contributed by atoms with Crippen LogP contribution in [0, 0.1) is 12.8 Å². The maximum Gasteiger partial charge on any atom is 0.431 e. The van der Waals surface area contributed by atoms with Gasteiger partial charge in [-0.05, 0) is 32.6 Å². The van der Waals surface area contributed by atoms with Gasteiger partial charge in [-0.1, -0.05) is 14.0 Å². The molecule has 0 atom stereocenters. The maximum absolute atomic E-state index is 12.3. The molecule has 1 saturated heterocycles. The van der Waals surface area contributed by atoms with E-state index in [1.165, 1.54) is 40.0 Å². The van der Waals surface area contributed by atoms with Crippen LogP contribution in [0.1, 0.15) is 58.3 Å². The van der Waals surface area contributed by atoms with Crippen LogP contribution in [0.4, 0.5) is 35.1 Å². The summed E-state index contributed by atoms with van der Waals surface area (Å²) in [5.74, 6) is -4.18. The first-order valence-electron chi connectivity index (χ1n) is 14.6. The molecular weight excluding hydrogens is 706 g/mol. The monoisotopic (exact) mass is 745 g/mol. The highest BCUT2D eigenvalue weighted by molar-refractivity contribution is 6.19. The van der Waals surface area contributed by atoms with E-state index in [0.717, 1.165) is 56.2 Å².